The second-order valence-corrected chi connectivity index (χ2v) is 8.27. The number of amides is 1. The molecule has 0 unspecified atom stereocenters. The van der Waals surface area contributed by atoms with E-state index in [-0.39, 0.29) is 5.91 Å². The first-order valence-corrected chi connectivity index (χ1v) is 10.5. The molecule has 2 aliphatic rings. The van der Waals surface area contributed by atoms with Crippen molar-refractivity contribution < 1.29 is 4.79 Å². The Balaban J connectivity index is 1.46. The van der Waals surface area contributed by atoms with E-state index in [1.54, 1.807) is 0 Å². The molecule has 7 nitrogen and oxygen atoms in total. The molecular formula is C23H22N6O. The molecule has 6 rings (SSSR count). The van der Waals surface area contributed by atoms with Crippen molar-refractivity contribution in [1.82, 2.24) is 19.8 Å². The summed E-state index contributed by atoms with van der Waals surface area (Å²) in [6.07, 6.45) is 3.27. The summed E-state index contributed by atoms with van der Waals surface area (Å²) in [6, 6.07) is 14.5. The number of hydrogen-bond donors (Lipinski definition) is 1. The molecule has 0 radical (unpaired) electrons. The monoisotopic (exact) mass is 398 g/mol. The smallest absolute Gasteiger partial charge is 0.221 e. The van der Waals surface area contributed by atoms with Gasteiger partial charge in [0.05, 0.1) is 0 Å². The summed E-state index contributed by atoms with van der Waals surface area (Å²) in [7, 11) is 0. The van der Waals surface area contributed by atoms with Gasteiger partial charge in [0.25, 0.3) is 0 Å². The van der Waals surface area contributed by atoms with Crippen LogP contribution >= 0.6 is 0 Å². The number of carbonyl (C=O) groups is 1. The lowest BCUT2D eigenvalue weighted by atomic mass is 9.98. The molecule has 4 aromatic rings. The molecule has 0 bridgehead atoms. The van der Waals surface area contributed by atoms with Gasteiger partial charge in [-0.2, -0.15) is 4.52 Å². The zero-order valence-corrected chi connectivity index (χ0v) is 16.8. The van der Waals surface area contributed by atoms with Crippen LogP contribution in [0.15, 0.2) is 42.5 Å². The molecule has 30 heavy (non-hydrogen) atoms. The number of fused-ring (bicyclic) bond motifs is 4. The first-order chi connectivity index (χ1) is 14.7. The Morgan fingerprint density at radius 3 is 2.70 bits per heavy atom. The molecule has 2 aromatic carbocycles. The first kappa shape index (κ1) is 17.4. The summed E-state index contributed by atoms with van der Waals surface area (Å²) in [6.45, 7) is 3.19. The van der Waals surface area contributed by atoms with Gasteiger partial charge in [0.2, 0.25) is 5.91 Å². The van der Waals surface area contributed by atoms with Gasteiger partial charge in [0.1, 0.15) is 0 Å². The Bertz CT molecular complexity index is 1310. The van der Waals surface area contributed by atoms with Gasteiger partial charge in [0, 0.05) is 42.4 Å². The lowest BCUT2D eigenvalue weighted by Crippen LogP contribution is -2.31. The van der Waals surface area contributed by atoms with E-state index < -0.39 is 0 Å². The molecule has 1 fully saturated rings. The quantitative estimate of drug-likeness (QED) is 0.570. The van der Waals surface area contributed by atoms with Crippen LogP contribution in [0.3, 0.4) is 0 Å². The highest BCUT2D eigenvalue weighted by molar-refractivity contribution is 6.00. The van der Waals surface area contributed by atoms with E-state index in [1.807, 2.05) is 16.6 Å². The minimum atomic E-state index is -0.0547. The van der Waals surface area contributed by atoms with Crippen LogP contribution in [0.25, 0.3) is 16.4 Å². The fraction of sp³-hybridized carbons (Fsp3) is 0.304. The molecule has 1 N–H and O–H groups in total. The molecule has 1 aliphatic carbocycles. The molecule has 1 saturated carbocycles. The van der Waals surface area contributed by atoms with Gasteiger partial charge in [0.15, 0.2) is 17.3 Å². The van der Waals surface area contributed by atoms with Crippen LogP contribution in [0.2, 0.25) is 0 Å². The van der Waals surface area contributed by atoms with Gasteiger partial charge in [-0.3, -0.25) is 4.79 Å². The summed E-state index contributed by atoms with van der Waals surface area (Å²) in [5.74, 6) is 2.36. The van der Waals surface area contributed by atoms with Crippen LogP contribution < -0.4 is 10.2 Å². The Kier molecular flexibility index (Phi) is 3.78. The fourth-order valence-electron chi connectivity index (χ4n) is 4.43. The third kappa shape index (κ3) is 2.81. The molecule has 150 valence electrons. The molecule has 2 aromatic heterocycles. The lowest BCUT2D eigenvalue weighted by molar-refractivity contribution is -0.114. The van der Waals surface area contributed by atoms with Gasteiger partial charge < -0.3 is 10.2 Å². The van der Waals surface area contributed by atoms with Crippen molar-refractivity contribution in [3.05, 3.63) is 59.4 Å². The molecular weight excluding hydrogens is 376 g/mol. The number of anilines is 2. The van der Waals surface area contributed by atoms with Crippen molar-refractivity contribution in [2.75, 3.05) is 16.8 Å². The summed E-state index contributed by atoms with van der Waals surface area (Å²) in [4.78, 5) is 13.8. The third-order valence-electron chi connectivity index (χ3n) is 6.05. The highest BCUT2D eigenvalue weighted by Gasteiger charge is 2.30. The second kappa shape index (κ2) is 6.52. The van der Waals surface area contributed by atoms with Gasteiger partial charge in [-0.05, 0) is 42.5 Å². The first-order valence-electron chi connectivity index (χ1n) is 10.5. The highest BCUT2D eigenvalue weighted by atomic mass is 16.1. The van der Waals surface area contributed by atoms with Crippen molar-refractivity contribution in [2.24, 2.45) is 0 Å². The molecule has 0 spiro atoms. The van der Waals surface area contributed by atoms with Gasteiger partial charge in [-0.1, -0.05) is 30.3 Å². The Hall–Kier alpha value is -3.48. The Morgan fingerprint density at radius 2 is 1.90 bits per heavy atom. The number of nitrogens with one attached hydrogen (secondary N) is 1. The van der Waals surface area contributed by atoms with Gasteiger partial charge >= 0.3 is 0 Å². The normalized spacial score (nSPS) is 16.1. The number of aromatic nitrogens is 4. The molecule has 1 amide bonds. The summed E-state index contributed by atoms with van der Waals surface area (Å²) in [5, 5.41) is 19.0. The molecule has 3 heterocycles. The van der Waals surface area contributed by atoms with Crippen molar-refractivity contribution in [1.29, 1.82) is 0 Å². The standard InChI is InChI=1S/C23H22N6O/c1-14(30)24-18-9-8-15-10-11-28(13-17(15)12-18)23-20-5-3-2-4-19(20)22-26-25-21(16-6-7-16)29(22)27-23/h2-5,8-9,12,16H,6-7,10-11,13H2,1H3,(H,24,30). The van der Waals surface area contributed by atoms with E-state index in [2.05, 4.69) is 50.7 Å². The predicted octanol–water partition coefficient (Wildman–Crippen LogP) is 3.68. The van der Waals surface area contributed by atoms with Crippen LogP contribution in [-0.2, 0) is 17.8 Å². The highest BCUT2D eigenvalue weighted by Crippen LogP contribution is 2.40. The number of benzene rings is 2. The van der Waals surface area contributed by atoms with Crippen LogP contribution in [0.1, 0.15) is 42.6 Å². The summed E-state index contributed by atoms with van der Waals surface area (Å²) < 4.78 is 1.96. The number of nitrogens with zero attached hydrogens (tertiary/aromatic N) is 5. The molecule has 1 aliphatic heterocycles. The van der Waals surface area contributed by atoms with Crippen molar-refractivity contribution >= 4 is 33.8 Å². The van der Waals surface area contributed by atoms with E-state index in [0.29, 0.717) is 5.92 Å². The zero-order chi connectivity index (χ0) is 20.2. The number of carbonyl (C=O) groups excluding carboxylic acids is 1. The van der Waals surface area contributed by atoms with E-state index >= 15 is 0 Å². The van der Waals surface area contributed by atoms with Crippen LogP contribution in [0.5, 0.6) is 0 Å². The molecule has 0 saturated heterocycles. The lowest BCUT2D eigenvalue weighted by Gasteiger charge is -2.31. The third-order valence-corrected chi connectivity index (χ3v) is 6.05. The topological polar surface area (TPSA) is 75.4 Å². The minimum absolute atomic E-state index is 0.0547. The number of rotatable bonds is 3. The van der Waals surface area contributed by atoms with Crippen molar-refractivity contribution in [3.8, 4) is 0 Å². The van der Waals surface area contributed by atoms with E-state index in [1.165, 1.54) is 18.1 Å². The van der Waals surface area contributed by atoms with Crippen LogP contribution in [0, 0.1) is 0 Å². The average Bonchev–Trinajstić information content (AvgIpc) is 3.51. The number of hydrogen-bond acceptors (Lipinski definition) is 5. The maximum Gasteiger partial charge on any atom is 0.221 e. The molecule has 0 atom stereocenters. The minimum Gasteiger partial charge on any atom is -0.350 e. The van der Waals surface area contributed by atoms with Crippen LogP contribution in [-0.4, -0.2) is 32.3 Å². The predicted molar refractivity (Wildman–Crippen MR) is 116 cm³/mol. The maximum absolute atomic E-state index is 11.5. The van der Waals surface area contributed by atoms with Crippen LogP contribution in [0.4, 0.5) is 11.5 Å². The second-order valence-electron chi connectivity index (χ2n) is 8.27. The largest absolute Gasteiger partial charge is 0.350 e. The Morgan fingerprint density at radius 1 is 1.07 bits per heavy atom. The fourth-order valence-corrected chi connectivity index (χ4v) is 4.43. The average molecular weight is 398 g/mol. The SMILES string of the molecule is CC(=O)Nc1ccc2c(c1)CN(c1nn3c(C4CC4)nnc3c3ccccc13)CC2. The maximum atomic E-state index is 11.5. The van der Waals surface area contributed by atoms with Crippen molar-refractivity contribution in [3.63, 3.8) is 0 Å². The van der Waals surface area contributed by atoms with E-state index in [0.717, 1.165) is 66.1 Å². The Labute approximate surface area is 173 Å². The molecule has 7 heteroatoms. The summed E-state index contributed by atoms with van der Waals surface area (Å²) in [5.41, 5.74) is 4.23. The zero-order valence-electron chi connectivity index (χ0n) is 16.8. The van der Waals surface area contributed by atoms with Crippen molar-refractivity contribution in [2.45, 2.75) is 38.6 Å². The van der Waals surface area contributed by atoms with Gasteiger partial charge in [-0.15, -0.1) is 15.3 Å². The van der Waals surface area contributed by atoms with Gasteiger partial charge in [-0.25, -0.2) is 0 Å². The van der Waals surface area contributed by atoms with E-state index in [4.69, 9.17) is 5.10 Å². The summed E-state index contributed by atoms with van der Waals surface area (Å²) >= 11 is 0. The van der Waals surface area contributed by atoms with E-state index in [9.17, 15) is 4.79 Å².